The Labute approximate surface area is 84.9 Å². The van der Waals surface area contributed by atoms with Crippen LogP contribution in [0, 0.1) is 0 Å². The third-order valence-corrected chi connectivity index (χ3v) is 1.59. The van der Waals surface area contributed by atoms with Crippen LogP contribution in [0.15, 0.2) is 0 Å². The van der Waals surface area contributed by atoms with Gasteiger partial charge in [0, 0.05) is 0 Å². The van der Waals surface area contributed by atoms with Gasteiger partial charge in [-0.1, -0.05) is 0 Å². The van der Waals surface area contributed by atoms with E-state index in [4.69, 9.17) is 20.4 Å². The van der Waals surface area contributed by atoms with E-state index in [1.807, 2.05) is 0 Å². The van der Waals surface area contributed by atoms with Crippen LogP contribution in [-0.2, 0) is 9.53 Å². The van der Waals surface area contributed by atoms with Gasteiger partial charge in [0.25, 0.3) is 0 Å². The lowest BCUT2D eigenvalue weighted by Gasteiger charge is -2.19. The van der Waals surface area contributed by atoms with Crippen LogP contribution in [0.4, 0.5) is 4.79 Å². The first-order chi connectivity index (χ1) is 6.90. The molecule has 15 heavy (non-hydrogen) atoms. The minimum absolute atomic E-state index is 0.814. The molecule has 6 N–H and O–H groups in total. The van der Waals surface area contributed by atoms with Gasteiger partial charge in [-0.2, -0.15) is 0 Å². The summed E-state index contributed by atoms with van der Waals surface area (Å²) >= 11 is 0. The fourth-order valence-electron chi connectivity index (χ4n) is 0.737. The molecule has 0 radical (unpaired) electrons. The number of nitrogens with two attached hydrogens (primary N) is 1. The van der Waals surface area contributed by atoms with Gasteiger partial charge in [0.2, 0.25) is 5.78 Å². The van der Waals surface area contributed by atoms with E-state index in [1.54, 1.807) is 0 Å². The Balaban J connectivity index is 4.13. The summed E-state index contributed by atoms with van der Waals surface area (Å²) < 4.78 is 4.06. The van der Waals surface area contributed by atoms with Gasteiger partial charge in [0.1, 0.15) is 18.3 Å². The van der Waals surface area contributed by atoms with Crippen LogP contribution >= 0.6 is 0 Å². The lowest BCUT2D eigenvalue weighted by molar-refractivity contribution is -0.142. The van der Waals surface area contributed by atoms with Crippen molar-refractivity contribution in [1.29, 1.82) is 0 Å². The SMILES string of the molecule is NC(=O)OCC(=O)[C@@H](O)[C@H](O)[C@@H](O)CO. The Morgan fingerprint density at radius 3 is 2.20 bits per heavy atom. The molecule has 0 aromatic heterocycles. The molecule has 0 aromatic rings. The average molecular weight is 223 g/mol. The van der Waals surface area contributed by atoms with E-state index < -0.39 is 43.4 Å². The molecular weight excluding hydrogens is 210 g/mol. The number of amides is 1. The maximum atomic E-state index is 11.0. The first kappa shape index (κ1) is 13.8. The summed E-state index contributed by atoms with van der Waals surface area (Å²) in [4.78, 5) is 21.1. The van der Waals surface area contributed by atoms with Gasteiger partial charge in [0.15, 0.2) is 6.61 Å². The number of hydrogen-bond acceptors (Lipinski definition) is 7. The highest BCUT2D eigenvalue weighted by Gasteiger charge is 2.30. The highest BCUT2D eigenvalue weighted by Crippen LogP contribution is 2.01. The maximum Gasteiger partial charge on any atom is 0.404 e. The largest absolute Gasteiger partial charge is 0.442 e. The highest BCUT2D eigenvalue weighted by atomic mass is 16.5. The van der Waals surface area contributed by atoms with Crippen molar-refractivity contribution in [1.82, 2.24) is 0 Å². The van der Waals surface area contributed by atoms with E-state index in [1.165, 1.54) is 0 Å². The quantitative estimate of drug-likeness (QED) is 0.317. The molecule has 0 aromatic carbocycles. The predicted octanol–water partition coefficient (Wildman–Crippen LogP) is -3.27. The molecule has 88 valence electrons. The molecule has 8 nitrogen and oxygen atoms in total. The Morgan fingerprint density at radius 1 is 1.27 bits per heavy atom. The van der Waals surface area contributed by atoms with Crippen LogP contribution < -0.4 is 5.73 Å². The number of primary amides is 1. The molecule has 0 rings (SSSR count). The molecule has 0 aliphatic rings. The molecule has 0 spiro atoms. The van der Waals surface area contributed by atoms with Gasteiger partial charge < -0.3 is 30.9 Å². The van der Waals surface area contributed by atoms with Gasteiger partial charge >= 0.3 is 6.09 Å². The zero-order chi connectivity index (χ0) is 12.0. The standard InChI is InChI=1S/C7H13NO7/c8-7(14)15-2-4(11)6(13)5(12)3(10)1-9/h3,5-6,9-10,12-13H,1-2H2,(H2,8,14)/t3-,5+,6+/m0/s1. The van der Waals surface area contributed by atoms with Crippen LogP contribution in [-0.4, -0.2) is 63.8 Å². The van der Waals surface area contributed by atoms with Crippen molar-refractivity contribution in [2.45, 2.75) is 18.3 Å². The van der Waals surface area contributed by atoms with Crippen molar-refractivity contribution in [3.05, 3.63) is 0 Å². The third-order valence-electron chi connectivity index (χ3n) is 1.59. The number of rotatable bonds is 6. The number of Topliss-reactive ketones (excluding diaryl/α,β-unsaturated/α-hetero) is 1. The zero-order valence-electron chi connectivity index (χ0n) is 7.74. The lowest BCUT2D eigenvalue weighted by atomic mass is 10.1. The topological polar surface area (TPSA) is 150 Å². The molecule has 0 aliphatic heterocycles. The van der Waals surface area contributed by atoms with Gasteiger partial charge in [0.05, 0.1) is 6.61 Å². The number of ketones is 1. The number of carbonyl (C=O) groups is 2. The first-order valence-corrected chi connectivity index (χ1v) is 4.00. The maximum absolute atomic E-state index is 11.0. The summed E-state index contributed by atoms with van der Waals surface area (Å²) in [5, 5.41) is 35.5. The molecule has 0 aliphatic carbocycles. The number of aliphatic hydroxyl groups is 4. The van der Waals surface area contributed by atoms with Crippen LogP contribution in [0.3, 0.4) is 0 Å². The van der Waals surface area contributed by atoms with E-state index in [-0.39, 0.29) is 0 Å². The monoisotopic (exact) mass is 223 g/mol. The highest BCUT2D eigenvalue weighted by molar-refractivity contribution is 5.86. The third kappa shape index (κ3) is 4.70. The van der Waals surface area contributed by atoms with E-state index >= 15 is 0 Å². The molecule has 0 saturated carbocycles. The second-order valence-corrected chi connectivity index (χ2v) is 2.76. The number of aliphatic hydroxyl groups excluding tert-OH is 4. The van der Waals surface area contributed by atoms with Gasteiger partial charge in [-0.25, -0.2) is 4.79 Å². The Bertz CT molecular complexity index is 231. The molecule has 8 heteroatoms. The van der Waals surface area contributed by atoms with E-state index in [2.05, 4.69) is 10.5 Å². The van der Waals surface area contributed by atoms with Crippen LogP contribution in [0.2, 0.25) is 0 Å². The molecule has 0 heterocycles. The van der Waals surface area contributed by atoms with Gasteiger partial charge in [-0.15, -0.1) is 0 Å². The van der Waals surface area contributed by atoms with E-state index in [0.29, 0.717) is 0 Å². The van der Waals surface area contributed by atoms with Crippen LogP contribution in [0.25, 0.3) is 0 Å². The predicted molar refractivity (Wildman–Crippen MR) is 45.6 cm³/mol. The number of hydrogen-bond donors (Lipinski definition) is 5. The summed E-state index contributed by atoms with van der Waals surface area (Å²) in [6.45, 7) is -1.63. The van der Waals surface area contributed by atoms with Gasteiger partial charge in [-0.05, 0) is 0 Å². The Kier molecular flexibility index (Phi) is 5.79. The molecule has 3 atom stereocenters. The lowest BCUT2D eigenvalue weighted by Crippen LogP contribution is -2.45. The summed E-state index contributed by atoms with van der Waals surface area (Å²) in [6, 6.07) is 0. The summed E-state index contributed by atoms with van der Waals surface area (Å²) in [7, 11) is 0. The molecule has 0 fully saturated rings. The normalized spacial score (nSPS) is 16.5. The zero-order valence-corrected chi connectivity index (χ0v) is 7.74. The Hall–Kier alpha value is -1.22. The van der Waals surface area contributed by atoms with Gasteiger partial charge in [-0.3, -0.25) is 4.79 Å². The van der Waals surface area contributed by atoms with E-state index in [0.717, 1.165) is 0 Å². The second-order valence-electron chi connectivity index (χ2n) is 2.76. The Morgan fingerprint density at radius 2 is 1.80 bits per heavy atom. The van der Waals surface area contributed by atoms with Crippen molar-refractivity contribution in [2.24, 2.45) is 5.73 Å². The summed E-state index contributed by atoms with van der Waals surface area (Å²) in [6.07, 6.45) is -6.66. The van der Waals surface area contributed by atoms with Crippen molar-refractivity contribution in [3.8, 4) is 0 Å². The fraction of sp³-hybridized carbons (Fsp3) is 0.714. The molecule has 0 saturated heterocycles. The van der Waals surface area contributed by atoms with Crippen LogP contribution in [0.5, 0.6) is 0 Å². The van der Waals surface area contributed by atoms with Crippen molar-refractivity contribution in [2.75, 3.05) is 13.2 Å². The molecule has 0 bridgehead atoms. The van der Waals surface area contributed by atoms with Crippen molar-refractivity contribution < 1.29 is 34.8 Å². The fourth-order valence-corrected chi connectivity index (χ4v) is 0.737. The smallest absolute Gasteiger partial charge is 0.404 e. The summed E-state index contributed by atoms with van der Waals surface area (Å²) in [5.74, 6) is -1.03. The minimum atomic E-state index is -1.95. The van der Waals surface area contributed by atoms with Crippen molar-refractivity contribution in [3.63, 3.8) is 0 Å². The number of ether oxygens (including phenoxy) is 1. The molecule has 1 amide bonds. The second kappa shape index (κ2) is 6.30. The minimum Gasteiger partial charge on any atom is -0.442 e. The van der Waals surface area contributed by atoms with E-state index in [9.17, 15) is 9.59 Å². The summed E-state index contributed by atoms with van der Waals surface area (Å²) in [5.41, 5.74) is 4.56. The van der Waals surface area contributed by atoms with Crippen LogP contribution in [0.1, 0.15) is 0 Å². The molecule has 0 unspecified atom stereocenters. The number of carbonyl (C=O) groups excluding carboxylic acids is 2. The first-order valence-electron chi connectivity index (χ1n) is 4.00. The molecular formula is C7H13NO7. The average Bonchev–Trinajstić information content (AvgIpc) is 2.22. The van der Waals surface area contributed by atoms with Crippen molar-refractivity contribution >= 4 is 11.9 Å².